The molecule has 0 fully saturated rings. The van der Waals surface area contributed by atoms with Gasteiger partial charge in [-0.25, -0.2) is 0 Å². The highest BCUT2D eigenvalue weighted by atomic mass is 16.5. The molecule has 0 radical (unpaired) electrons. The number of aliphatic carboxylic acids is 1. The van der Waals surface area contributed by atoms with Crippen molar-refractivity contribution in [1.82, 2.24) is 0 Å². The van der Waals surface area contributed by atoms with Gasteiger partial charge in [0.2, 0.25) is 0 Å². The number of carboxylic acids is 1. The van der Waals surface area contributed by atoms with E-state index in [0.29, 0.717) is 0 Å². The molecule has 4 heteroatoms. The average molecular weight is 146 g/mol. The summed E-state index contributed by atoms with van der Waals surface area (Å²) >= 11 is 0. The van der Waals surface area contributed by atoms with Gasteiger partial charge in [0, 0.05) is 0 Å². The molecule has 58 valence electrons. The third kappa shape index (κ3) is 1.46. The second kappa shape index (κ2) is 2.68. The topological polar surface area (TPSA) is 63.6 Å². The quantitative estimate of drug-likeness (QED) is 0.448. The van der Waals surface area contributed by atoms with Crippen molar-refractivity contribution in [3.8, 4) is 0 Å². The van der Waals surface area contributed by atoms with Gasteiger partial charge >= 0.3 is 11.9 Å². The second-order valence-electron chi connectivity index (χ2n) is 2.42. The van der Waals surface area contributed by atoms with Gasteiger partial charge in [0.05, 0.1) is 7.11 Å². The molecule has 0 aromatic carbocycles. The maximum atomic E-state index is 10.7. The van der Waals surface area contributed by atoms with Gasteiger partial charge in [-0.15, -0.1) is 0 Å². The van der Waals surface area contributed by atoms with Crippen LogP contribution in [0.4, 0.5) is 0 Å². The summed E-state index contributed by atoms with van der Waals surface area (Å²) in [5.74, 6) is -1.92. The number of carbonyl (C=O) groups is 2. The summed E-state index contributed by atoms with van der Waals surface area (Å²) in [6, 6.07) is 0. The van der Waals surface area contributed by atoms with E-state index in [9.17, 15) is 9.59 Å². The highest BCUT2D eigenvalue weighted by Gasteiger charge is 2.36. The summed E-state index contributed by atoms with van der Waals surface area (Å²) in [5.41, 5.74) is -1.44. The van der Waals surface area contributed by atoms with E-state index in [2.05, 4.69) is 4.74 Å². The Morgan fingerprint density at radius 3 is 1.90 bits per heavy atom. The molecule has 0 spiro atoms. The molecule has 0 saturated carbocycles. The van der Waals surface area contributed by atoms with Crippen molar-refractivity contribution in [2.45, 2.75) is 13.8 Å². The smallest absolute Gasteiger partial charge is 0.322 e. The lowest BCUT2D eigenvalue weighted by Gasteiger charge is -2.14. The Balaban J connectivity index is 4.40. The Kier molecular flexibility index (Phi) is 2.40. The molecule has 0 rings (SSSR count). The maximum absolute atomic E-state index is 10.7. The fourth-order valence-corrected chi connectivity index (χ4v) is 0.342. The van der Waals surface area contributed by atoms with E-state index in [4.69, 9.17) is 5.11 Å². The van der Waals surface area contributed by atoms with Crippen LogP contribution >= 0.6 is 0 Å². The van der Waals surface area contributed by atoms with Crippen LogP contribution in [0.3, 0.4) is 0 Å². The Morgan fingerprint density at radius 1 is 1.40 bits per heavy atom. The number of hydrogen-bond donors (Lipinski definition) is 1. The molecule has 0 aliphatic heterocycles. The molecule has 0 bridgehead atoms. The van der Waals surface area contributed by atoms with E-state index in [1.807, 2.05) is 0 Å². The summed E-state index contributed by atoms with van der Waals surface area (Å²) in [6.07, 6.45) is 0. The molecule has 0 unspecified atom stereocenters. The minimum absolute atomic E-state index is 0.736. The van der Waals surface area contributed by atoms with Gasteiger partial charge in [0.15, 0.2) is 5.41 Å². The first kappa shape index (κ1) is 8.94. The van der Waals surface area contributed by atoms with Crippen LogP contribution in [0, 0.1) is 5.41 Å². The summed E-state index contributed by atoms with van der Waals surface area (Å²) in [4.78, 5) is 21.0. The van der Waals surface area contributed by atoms with Gasteiger partial charge in [0.1, 0.15) is 0 Å². The predicted molar refractivity (Wildman–Crippen MR) is 33.4 cm³/mol. The van der Waals surface area contributed by atoms with E-state index >= 15 is 0 Å². The van der Waals surface area contributed by atoms with Gasteiger partial charge in [-0.3, -0.25) is 9.59 Å². The van der Waals surface area contributed by atoms with Crippen LogP contribution < -0.4 is 0 Å². The number of ether oxygens (including phenoxy) is 1. The predicted octanol–water partition coefficient (Wildman–Crippen LogP) is 0.270. The number of carbonyl (C=O) groups excluding carboxylic acids is 1. The highest BCUT2D eigenvalue weighted by molar-refractivity contribution is 5.98. The normalized spacial score (nSPS) is 10.7. The van der Waals surface area contributed by atoms with Gasteiger partial charge in [-0.2, -0.15) is 0 Å². The van der Waals surface area contributed by atoms with E-state index in [1.54, 1.807) is 0 Å². The molecule has 0 heterocycles. The van der Waals surface area contributed by atoms with Crippen LogP contribution in [0.2, 0.25) is 0 Å². The third-order valence-electron chi connectivity index (χ3n) is 1.23. The number of esters is 1. The highest BCUT2D eigenvalue weighted by Crippen LogP contribution is 2.16. The lowest BCUT2D eigenvalue weighted by Crippen LogP contribution is -2.34. The van der Waals surface area contributed by atoms with Crippen molar-refractivity contribution in [2.24, 2.45) is 5.41 Å². The van der Waals surface area contributed by atoms with E-state index in [-0.39, 0.29) is 0 Å². The standard InChI is InChI=1S/C6H10O4/c1-6(2,4(7)8)5(9)10-3/h1-3H3,(H,7,8). The van der Waals surface area contributed by atoms with Crippen LogP contribution in [-0.4, -0.2) is 24.2 Å². The van der Waals surface area contributed by atoms with Crippen molar-refractivity contribution >= 4 is 11.9 Å². The lowest BCUT2D eigenvalue weighted by molar-refractivity contribution is -0.164. The van der Waals surface area contributed by atoms with E-state index in [0.717, 1.165) is 7.11 Å². The number of carboxylic acid groups (broad SMARTS) is 1. The molecule has 0 amide bonds. The number of hydrogen-bond acceptors (Lipinski definition) is 3. The zero-order chi connectivity index (χ0) is 8.36. The lowest BCUT2D eigenvalue weighted by atomic mass is 9.94. The Morgan fingerprint density at radius 2 is 1.80 bits per heavy atom. The summed E-state index contributed by atoms with van der Waals surface area (Å²) in [6.45, 7) is 2.59. The Labute approximate surface area is 58.8 Å². The zero-order valence-corrected chi connectivity index (χ0v) is 6.17. The van der Waals surface area contributed by atoms with Crippen molar-refractivity contribution in [1.29, 1.82) is 0 Å². The molecule has 0 saturated heterocycles. The fraction of sp³-hybridized carbons (Fsp3) is 0.667. The molecule has 0 aromatic heterocycles. The SMILES string of the molecule is COC(=O)C(C)(C)C(=O)O. The van der Waals surface area contributed by atoms with Gasteiger partial charge < -0.3 is 9.84 Å². The molecule has 4 nitrogen and oxygen atoms in total. The molecule has 0 aliphatic carbocycles. The number of rotatable bonds is 2. The molecule has 0 aliphatic rings. The summed E-state index contributed by atoms with van der Waals surface area (Å²) < 4.78 is 4.26. The van der Waals surface area contributed by atoms with Gasteiger partial charge in [-0.05, 0) is 13.8 Å². The van der Waals surface area contributed by atoms with Crippen LogP contribution in [0.25, 0.3) is 0 Å². The van der Waals surface area contributed by atoms with Crippen molar-refractivity contribution in [3.63, 3.8) is 0 Å². The minimum Gasteiger partial charge on any atom is -0.480 e. The molecule has 0 aromatic rings. The van der Waals surface area contributed by atoms with Crippen LogP contribution in [0.1, 0.15) is 13.8 Å². The van der Waals surface area contributed by atoms with Gasteiger partial charge in [-0.1, -0.05) is 0 Å². The first-order chi connectivity index (χ1) is 4.42. The van der Waals surface area contributed by atoms with Crippen molar-refractivity contribution in [2.75, 3.05) is 7.11 Å². The molecular formula is C6H10O4. The van der Waals surface area contributed by atoms with Crippen LogP contribution in [0.15, 0.2) is 0 Å². The largest absolute Gasteiger partial charge is 0.480 e. The molecule has 1 N–H and O–H groups in total. The Bertz CT molecular complexity index is 159. The van der Waals surface area contributed by atoms with Crippen LogP contribution in [0.5, 0.6) is 0 Å². The summed E-state index contributed by atoms with van der Waals surface area (Å²) in [5, 5.41) is 8.44. The second-order valence-corrected chi connectivity index (χ2v) is 2.42. The van der Waals surface area contributed by atoms with E-state index in [1.165, 1.54) is 13.8 Å². The Hall–Kier alpha value is -1.06. The molecular weight excluding hydrogens is 136 g/mol. The third-order valence-corrected chi connectivity index (χ3v) is 1.23. The first-order valence-corrected chi connectivity index (χ1v) is 2.74. The van der Waals surface area contributed by atoms with Crippen molar-refractivity contribution in [3.05, 3.63) is 0 Å². The maximum Gasteiger partial charge on any atom is 0.322 e. The number of methoxy groups -OCH3 is 1. The fourth-order valence-electron chi connectivity index (χ4n) is 0.342. The summed E-state index contributed by atoms with van der Waals surface area (Å²) in [7, 11) is 1.16. The van der Waals surface area contributed by atoms with E-state index < -0.39 is 17.4 Å². The molecule has 10 heavy (non-hydrogen) atoms. The van der Waals surface area contributed by atoms with Crippen molar-refractivity contribution < 1.29 is 19.4 Å². The van der Waals surface area contributed by atoms with Gasteiger partial charge in [0.25, 0.3) is 0 Å². The minimum atomic E-state index is -1.44. The monoisotopic (exact) mass is 146 g/mol. The zero-order valence-electron chi connectivity index (χ0n) is 6.17. The average Bonchev–Trinajstić information content (AvgIpc) is 1.86. The molecule has 0 atom stereocenters. The first-order valence-electron chi connectivity index (χ1n) is 2.74. The van der Waals surface area contributed by atoms with Crippen LogP contribution in [-0.2, 0) is 14.3 Å².